The first kappa shape index (κ1) is 14.1. The van der Waals surface area contributed by atoms with Gasteiger partial charge in [-0.1, -0.05) is 55.8 Å². The molecule has 0 saturated heterocycles. The van der Waals surface area contributed by atoms with Crippen molar-refractivity contribution in [2.75, 3.05) is 0 Å². The fourth-order valence-corrected chi connectivity index (χ4v) is 5.33. The number of aromatic nitrogens is 1. The Hall–Kier alpha value is -2.32. The van der Waals surface area contributed by atoms with Gasteiger partial charge in [-0.2, -0.15) is 0 Å². The molecule has 0 unspecified atom stereocenters. The SMILES string of the molecule is CCCc1ccc2c(c1)sc1c2ccc2c3ccccc3n(C)c21. The Morgan fingerprint density at radius 3 is 2.54 bits per heavy atom. The molecule has 24 heavy (non-hydrogen) atoms. The highest BCUT2D eigenvalue weighted by Crippen LogP contribution is 2.41. The molecule has 0 bridgehead atoms. The van der Waals surface area contributed by atoms with Crippen molar-refractivity contribution in [3.05, 3.63) is 60.2 Å². The maximum absolute atomic E-state index is 2.39. The van der Waals surface area contributed by atoms with E-state index < -0.39 is 0 Å². The summed E-state index contributed by atoms with van der Waals surface area (Å²) in [6.45, 7) is 2.24. The number of benzene rings is 3. The quantitative estimate of drug-likeness (QED) is 0.341. The van der Waals surface area contributed by atoms with Gasteiger partial charge in [-0.25, -0.2) is 0 Å². The lowest BCUT2D eigenvalue weighted by Gasteiger charge is -1.99. The number of hydrogen-bond acceptors (Lipinski definition) is 1. The zero-order valence-corrected chi connectivity index (χ0v) is 14.8. The molecule has 0 aliphatic rings. The van der Waals surface area contributed by atoms with Crippen molar-refractivity contribution < 1.29 is 0 Å². The van der Waals surface area contributed by atoms with Gasteiger partial charge in [0.25, 0.3) is 0 Å². The van der Waals surface area contributed by atoms with E-state index in [1.165, 1.54) is 54.0 Å². The molecule has 2 heteroatoms. The van der Waals surface area contributed by atoms with Crippen molar-refractivity contribution in [2.24, 2.45) is 7.05 Å². The lowest BCUT2D eigenvalue weighted by Crippen LogP contribution is -1.85. The zero-order valence-electron chi connectivity index (χ0n) is 14.0. The van der Waals surface area contributed by atoms with Gasteiger partial charge in [-0.3, -0.25) is 0 Å². The molecule has 1 nitrogen and oxygen atoms in total. The molecule has 0 saturated carbocycles. The highest BCUT2D eigenvalue weighted by atomic mass is 32.1. The molecule has 0 spiro atoms. The smallest absolute Gasteiger partial charge is 0.0670 e. The maximum atomic E-state index is 2.39. The first-order valence-corrected chi connectivity index (χ1v) is 9.41. The van der Waals surface area contributed by atoms with Gasteiger partial charge in [0.05, 0.1) is 10.2 Å². The molecule has 0 aliphatic carbocycles. The lowest BCUT2D eigenvalue weighted by atomic mass is 10.1. The second-order valence-electron chi connectivity index (χ2n) is 6.60. The predicted molar refractivity (Wildman–Crippen MR) is 107 cm³/mol. The van der Waals surface area contributed by atoms with Crippen LogP contribution in [0.3, 0.4) is 0 Å². The molecule has 3 aromatic carbocycles. The Balaban J connectivity index is 1.95. The summed E-state index contributed by atoms with van der Waals surface area (Å²) >= 11 is 1.94. The van der Waals surface area contributed by atoms with E-state index in [0.29, 0.717) is 0 Å². The number of rotatable bonds is 2. The second kappa shape index (κ2) is 5.09. The molecule has 0 aliphatic heterocycles. The van der Waals surface area contributed by atoms with Gasteiger partial charge in [-0.05, 0) is 24.1 Å². The van der Waals surface area contributed by atoms with Gasteiger partial charge in [0.2, 0.25) is 0 Å². The van der Waals surface area contributed by atoms with Gasteiger partial charge in [0.15, 0.2) is 0 Å². The van der Waals surface area contributed by atoms with Crippen LogP contribution >= 0.6 is 11.3 Å². The van der Waals surface area contributed by atoms with E-state index in [2.05, 4.69) is 73.1 Å². The summed E-state index contributed by atoms with van der Waals surface area (Å²) in [5.41, 5.74) is 4.13. The number of nitrogens with zero attached hydrogens (tertiary/aromatic N) is 1. The van der Waals surface area contributed by atoms with Crippen LogP contribution in [0.5, 0.6) is 0 Å². The van der Waals surface area contributed by atoms with Crippen LogP contribution in [0, 0.1) is 0 Å². The Labute approximate surface area is 145 Å². The van der Waals surface area contributed by atoms with Gasteiger partial charge in [0, 0.05) is 38.8 Å². The Morgan fingerprint density at radius 2 is 1.67 bits per heavy atom. The van der Waals surface area contributed by atoms with Crippen LogP contribution in [0.1, 0.15) is 18.9 Å². The minimum atomic E-state index is 1.16. The minimum absolute atomic E-state index is 1.16. The molecule has 0 fully saturated rings. The topological polar surface area (TPSA) is 4.93 Å². The molecular formula is C22H19NS. The summed E-state index contributed by atoms with van der Waals surface area (Å²) in [4.78, 5) is 0. The van der Waals surface area contributed by atoms with Crippen molar-refractivity contribution in [3.8, 4) is 0 Å². The van der Waals surface area contributed by atoms with E-state index in [4.69, 9.17) is 0 Å². The first-order valence-electron chi connectivity index (χ1n) is 8.59. The first-order chi connectivity index (χ1) is 11.8. The van der Waals surface area contributed by atoms with Crippen molar-refractivity contribution in [1.29, 1.82) is 0 Å². The minimum Gasteiger partial charge on any atom is -0.342 e. The van der Waals surface area contributed by atoms with Gasteiger partial charge >= 0.3 is 0 Å². The van der Waals surface area contributed by atoms with Crippen LogP contribution in [0.25, 0.3) is 42.0 Å². The number of para-hydroxylation sites is 1. The largest absolute Gasteiger partial charge is 0.342 e. The van der Waals surface area contributed by atoms with Crippen LogP contribution in [0.2, 0.25) is 0 Å². The van der Waals surface area contributed by atoms with Crippen LogP contribution in [-0.2, 0) is 13.5 Å². The summed E-state index contributed by atoms with van der Waals surface area (Å²) in [6.07, 6.45) is 2.36. The maximum Gasteiger partial charge on any atom is 0.0670 e. The van der Waals surface area contributed by atoms with Crippen LogP contribution in [0.4, 0.5) is 0 Å². The van der Waals surface area contributed by atoms with Gasteiger partial charge in [0.1, 0.15) is 0 Å². The molecule has 5 aromatic rings. The third-order valence-corrected chi connectivity index (χ3v) is 6.28. The van der Waals surface area contributed by atoms with E-state index in [-0.39, 0.29) is 0 Å². The highest BCUT2D eigenvalue weighted by Gasteiger charge is 2.14. The summed E-state index contributed by atoms with van der Waals surface area (Å²) in [5, 5.41) is 5.49. The Morgan fingerprint density at radius 1 is 0.875 bits per heavy atom. The molecule has 2 heterocycles. The third kappa shape index (κ3) is 1.81. The van der Waals surface area contributed by atoms with Crippen molar-refractivity contribution in [3.63, 3.8) is 0 Å². The third-order valence-electron chi connectivity index (χ3n) is 5.11. The zero-order chi connectivity index (χ0) is 16.3. The summed E-state index contributed by atoms with van der Waals surface area (Å²) in [6, 6.07) is 20.3. The average molecular weight is 329 g/mol. The molecule has 0 radical (unpaired) electrons. The monoisotopic (exact) mass is 329 g/mol. The highest BCUT2D eigenvalue weighted by molar-refractivity contribution is 7.26. The Kier molecular flexibility index (Phi) is 2.98. The van der Waals surface area contributed by atoms with Crippen molar-refractivity contribution in [2.45, 2.75) is 19.8 Å². The second-order valence-corrected chi connectivity index (χ2v) is 7.65. The molecular weight excluding hydrogens is 310 g/mol. The van der Waals surface area contributed by atoms with E-state index in [9.17, 15) is 0 Å². The van der Waals surface area contributed by atoms with Crippen LogP contribution in [-0.4, -0.2) is 4.57 Å². The van der Waals surface area contributed by atoms with E-state index in [1.807, 2.05) is 11.3 Å². The standard InChI is InChI=1S/C22H19NS/c1-3-6-14-9-10-16-18-12-11-17-15-7-4-5-8-19(15)23(2)21(17)22(18)24-20(16)13-14/h4-5,7-13H,3,6H2,1-2H3. The van der Waals surface area contributed by atoms with E-state index in [0.717, 1.165) is 6.42 Å². The fraction of sp³-hybridized carbons (Fsp3) is 0.182. The number of hydrogen-bond donors (Lipinski definition) is 0. The van der Waals surface area contributed by atoms with E-state index >= 15 is 0 Å². The average Bonchev–Trinajstić information content (AvgIpc) is 3.11. The van der Waals surface area contributed by atoms with Crippen LogP contribution in [0.15, 0.2) is 54.6 Å². The molecule has 118 valence electrons. The summed E-state index contributed by atoms with van der Waals surface area (Å²) in [7, 11) is 2.19. The fourth-order valence-electron chi connectivity index (χ4n) is 3.98. The normalized spacial score (nSPS) is 12.1. The Bertz CT molecular complexity index is 1220. The number of aryl methyl sites for hydroxylation is 2. The number of fused-ring (bicyclic) bond motifs is 7. The molecule has 5 rings (SSSR count). The summed E-state index contributed by atoms with van der Waals surface area (Å²) in [5.74, 6) is 0. The summed E-state index contributed by atoms with van der Waals surface area (Å²) < 4.78 is 5.18. The van der Waals surface area contributed by atoms with Crippen molar-refractivity contribution >= 4 is 53.3 Å². The molecule has 0 atom stereocenters. The van der Waals surface area contributed by atoms with Crippen molar-refractivity contribution in [1.82, 2.24) is 4.57 Å². The molecule has 0 N–H and O–H groups in total. The van der Waals surface area contributed by atoms with Gasteiger partial charge in [-0.15, -0.1) is 11.3 Å². The van der Waals surface area contributed by atoms with Crippen LogP contribution < -0.4 is 0 Å². The van der Waals surface area contributed by atoms with Gasteiger partial charge < -0.3 is 4.57 Å². The number of thiophene rings is 1. The lowest BCUT2D eigenvalue weighted by molar-refractivity contribution is 0.924. The molecule has 0 amide bonds. The van der Waals surface area contributed by atoms with E-state index in [1.54, 1.807) is 0 Å². The molecule has 2 aromatic heterocycles. The predicted octanol–water partition coefficient (Wildman–Crippen LogP) is 6.65.